The number of likely N-dealkylation sites (tertiary alicyclic amines) is 1. The van der Waals surface area contributed by atoms with Crippen LogP contribution in [-0.2, 0) is 6.54 Å². The number of halogens is 2. The largest absolute Gasteiger partial charge is 0.396 e. The van der Waals surface area contributed by atoms with Gasteiger partial charge in [0.2, 0.25) is 0 Å². The second-order valence-corrected chi connectivity index (χ2v) is 6.58. The van der Waals surface area contributed by atoms with E-state index in [1.807, 2.05) is 18.2 Å². The van der Waals surface area contributed by atoms with Crippen LogP contribution in [0.1, 0.15) is 24.8 Å². The average Bonchev–Trinajstić information content (AvgIpc) is 2.49. The van der Waals surface area contributed by atoms with Gasteiger partial charge in [0.05, 0.1) is 0 Å². The Morgan fingerprint density at radius 1 is 1.24 bits per heavy atom. The zero-order chi connectivity index (χ0) is 15.2. The molecule has 118 valence electrons. The minimum absolute atomic E-state index is 0.272. The molecular formula is C16H24Cl2N2O. The van der Waals surface area contributed by atoms with E-state index in [0.29, 0.717) is 6.04 Å². The smallest absolute Gasteiger partial charge is 0.0465 e. The molecule has 1 saturated heterocycles. The monoisotopic (exact) mass is 330 g/mol. The van der Waals surface area contributed by atoms with Gasteiger partial charge in [0.15, 0.2) is 0 Å². The molecule has 1 N–H and O–H groups in total. The number of nitrogens with zero attached hydrogens (tertiary/aromatic N) is 2. The molecule has 1 heterocycles. The highest BCUT2D eigenvalue weighted by Crippen LogP contribution is 2.27. The van der Waals surface area contributed by atoms with E-state index in [0.717, 1.165) is 61.1 Å². The maximum absolute atomic E-state index is 8.91. The van der Waals surface area contributed by atoms with Crippen LogP contribution in [0.2, 0.25) is 10.0 Å². The van der Waals surface area contributed by atoms with Crippen molar-refractivity contribution in [3.8, 4) is 0 Å². The van der Waals surface area contributed by atoms with E-state index in [9.17, 15) is 0 Å². The molecule has 0 aliphatic carbocycles. The molecule has 5 heteroatoms. The molecule has 1 aliphatic rings. The first-order valence-corrected chi connectivity index (χ1v) is 8.33. The van der Waals surface area contributed by atoms with E-state index in [-0.39, 0.29) is 6.61 Å². The van der Waals surface area contributed by atoms with Crippen LogP contribution in [0, 0.1) is 0 Å². The first-order chi connectivity index (χ1) is 10.1. The van der Waals surface area contributed by atoms with Crippen LogP contribution >= 0.6 is 23.2 Å². The Labute approximate surface area is 137 Å². The molecule has 0 bridgehead atoms. The van der Waals surface area contributed by atoms with Crippen molar-refractivity contribution in [1.29, 1.82) is 0 Å². The summed E-state index contributed by atoms with van der Waals surface area (Å²) in [6, 6.07) is 6.31. The van der Waals surface area contributed by atoms with Crippen LogP contribution in [-0.4, -0.2) is 54.2 Å². The van der Waals surface area contributed by atoms with Gasteiger partial charge in [-0.1, -0.05) is 29.3 Å². The van der Waals surface area contributed by atoms with Crippen molar-refractivity contribution >= 4 is 23.2 Å². The Hall–Kier alpha value is -0.320. The molecule has 0 aromatic heterocycles. The molecule has 0 saturated carbocycles. The molecule has 1 aromatic rings. The van der Waals surface area contributed by atoms with Crippen LogP contribution in [0.5, 0.6) is 0 Å². The van der Waals surface area contributed by atoms with Crippen LogP contribution < -0.4 is 0 Å². The minimum atomic E-state index is 0.272. The summed E-state index contributed by atoms with van der Waals surface area (Å²) in [5.41, 5.74) is 1.04. The minimum Gasteiger partial charge on any atom is -0.396 e. The molecule has 0 atom stereocenters. The summed E-state index contributed by atoms with van der Waals surface area (Å²) in [7, 11) is 2.15. The van der Waals surface area contributed by atoms with E-state index in [1.165, 1.54) is 0 Å². The SMILES string of the molecule is CN(CCCO)C1CCN(Cc2c(Cl)cccc2Cl)CC1. The van der Waals surface area contributed by atoms with Crippen molar-refractivity contribution in [2.24, 2.45) is 0 Å². The van der Waals surface area contributed by atoms with Gasteiger partial charge in [-0.05, 0) is 51.5 Å². The molecule has 3 nitrogen and oxygen atoms in total. The maximum Gasteiger partial charge on any atom is 0.0465 e. The van der Waals surface area contributed by atoms with Crippen LogP contribution in [0.25, 0.3) is 0 Å². The Morgan fingerprint density at radius 3 is 2.43 bits per heavy atom. The molecule has 0 unspecified atom stereocenters. The summed E-state index contributed by atoms with van der Waals surface area (Å²) in [5.74, 6) is 0. The Kier molecular flexibility index (Phi) is 6.77. The molecule has 1 aliphatic heterocycles. The van der Waals surface area contributed by atoms with Gasteiger partial charge in [0.1, 0.15) is 0 Å². The average molecular weight is 331 g/mol. The summed E-state index contributed by atoms with van der Waals surface area (Å²) in [4.78, 5) is 4.79. The van der Waals surface area contributed by atoms with Crippen LogP contribution in [0.3, 0.4) is 0 Å². The molecule has 2 rings (SSSR count). The molecule has 1 fully saturated rings. The van der Waals surface area contributed by atoms with Gasteiger partial charge in [-0.3, -0.25) is 4.90 Å². The lowest BCUT2D eigenvalue weighted by Crippen LogP contribution is -2.43. The highest BCUT2D eigenvalue weighted by atomic mass is 35.5. The van der Waals surface area contributed by atoms with Gasteiger partial charge in [-0.15, -0.1) is 0 Å². The molecule has 0 amide bonds. The molecule has 21 heavy (non-hydrogen) atoms. The van der Waals surface area contributed by atoms with E-state index in [1.54, 1.807) is 0 Å². The fourth-order valence-corrected chi connectivity index (χ4v) is 3.44. The van der Waals surface area contributed by atoms with Gasteiger partial charge >= 0.3 is 0 Å². The van der Waals surface area contributed by atoms with Crippen molar-refractivity contribution in [1.82, 2.24) is 9.80 Å². The highest BCUT2D eigenvalue weighted by molar-refractivity contribution is 6.35. The van der Waals surface area contributed by atoms with Crippen LogP contribution in [0.4, 0.5) is 0 Å². The summed E-state index contributed by atoms with van der Waals surface area (Å²) < 4.78 is 0. The fourth-order valence-electron chi connectivity index (χ4n) is 2.93. The predicted molar refractivity (Wildman–Crippen MR) is 89.1 cm³/mol. The summed E-state index contributed by atoms with van der Waals surface area (Å²) in [6.07, 6.45) is 3.17. The standard InChI is InChI=1S/C16H24Cl2N2O/c1-19(8-3-11-21)13-6-9-20(10-7-13)12-14-15(17)4-2-5-16(14)18/h2,4-5,13,21H,3,6-12H2,1H3. The van der Waals surface area contributed by atoms with Crippen LogP contribution in [0.15, 0.2) is 18.2 Å². The number of hydrogen-bond donors (Lipinski definition) is 1. The Balaban J connectivity index is 1.84. The highest BCUT2D eigenvalue weighted by Gasteiger charge is 2.23. The zero-order valence-electron chi connectivity index (χ0n) is 12.6. The molecule has 0 spiro atoms. The third-order valence-electron chi connectivity index (χ3n) is 4.29. The van der Waals surface area contributed by atoms with E-state index >= 15 is 0 Å². The lowest BCUT2D eigenvalue weighted by Gasteiger charge is -2.37. The second kappa shape index (κ2) is 8.35. The molecule has 1 aromatic carbocycles. The number of aliphatic hydroxyl groups excluding tert-OH is 1. The number of aliphatic hydroxyl groups is 1. The quantitative estimate of drug-likeness (QED) is 0.867. The number of hydrogen-bond acceptors (Lipinski definition) is 3. The maximum atomic E-state index is 8.91. The number of piperidine rings is 1. The van der Waals surface area contributed by atoms with Gasteiger partial charge in [-0.25, -0.2) is 0 Å². The van der Waals surface area contributed by atoms with E-state index in [4.69, 9.17) is 28.3 Å². The van der Waals surface area contributed by atoms with Crippen molar-refractivity contribution in [3.05, 3.63) is 33.8 Å². The predicted octanol–water partition coefficient (Wildman–Crippen LogP) is 3.27. The van der Waals surface area contributed by atoms with E-state index in [2.05, 4.69) is 16.8 Å². The molecule has 0 radical (unpaired) electrons. The van der Waals surface area contributed by atoms with Crippen molar-refractivity contribution < 1.29 is 5.11 Å². The summed E-state index contributed by atoms with van der Waals surface area (Å²) in [6.45, 7) is 4.20. The zero-order valence-corrected chi connectivity index (χ0v) is 14.1. The van der Waals surface area contributed by atoms with E-state index < -0.39 is 0 Å². The first kappa shape index (κ1) is 17.0. The lowest BCUT2D eigenvalue weighted by molar-refractivity contribution is 0.117. The Morgan fingerprint density at radius 2 is 1.86 bits per heavy atom. The van der Waals surface area contributed by atoms with Crippen molar-refractivity contribution in [2.75, 3.05) is 33.3 Å². The van der Waals surface area contributed by atoms with Gasteiger partial charge in [0.25, 0.3) is 0 Å². The van der Waals surface area contributed by atoms with Crippen molar-refractivity contribution in [3.63, 3.8) is 0 Å². The lowest BCUT2D eigenvalue weighted by atomic mass is 10.0. The normalized spacial score (nSPS) is 17.6. The number of rotatable bonds is 6. The van der Waals surface area contributed by atoms with Crippen molar-refractivity contribution in [2.45, 2.75) is 31.8 Å². The van der Waals surface area contributed by atoms with Gasteiger partial charge < -0.3 is 10.0 Å². The summed E-state index contributed by atoms with van der Waals surface area (Å²) >= 11 is 12.5. The number of benzene rings is 1. The van der Waals surface area contributed by atoms with Gasteiger partial charge in [-0.2, -0.15) is 0 Å². The Bertz CT molecular complexity index is 428. The third kappa shape index (κ3) is 4.83. The molecular weight excluding hydrogens is 307 g/mol. The fraction of sp³-hybridized carbons (Fsp3) is 0.625. The topological polar surface area (TPSA) is 26.7 Å². The first-order valence-electron chi connectivity index (χ1n) is 7.58. The van der Waals surface area contributed by atoms with Gasteiger partial charge in [0, 0.05) is 41.3 Å². The third-order valence-corrected chi connectivity index (χ3v) is 5.00. The summed E-state index contributed by atoms with van der Waals surface area (Å²) in [5, 5.41) is 10.4. The second-order valence-electron chi connectivity index (χ2n) is 5.77.